The highest BCUT2D eigenvalue weighted by atomic mass is 16.7. The van der Waals surface area contributed by atoms with Gasteiger partial charge in [0.15, 0.2) is 6.29 Å². The summed E-state index contributed by atoms with van der Waals surface area (Å²) in [5.74, 6) is -2.49. The van der Waals surface area contributed by atoms with Gasteiger partial charge in [-0.3, -0.25) is 0 Å². The molecule has 0 amide bonds. The summed E-state index contributed by atoms with van der Waals surface area (Å²) in [4.78, 5) is 0. The molecule has 0 aromatic heterocycles. The molecule has 1 aliphatic rings. The maximum absolute atomic E-state index is 8.89. The maximum Gasteiger partial charge on any atom is 0.216 e. The van der Waals surface area contributed by atoms with Crippen LogP contribution in [0, 0.1) is 0 Å². The van der Waals surface area contributed by atoms with Crippen molar-refractivity contribution in [3.05, 3.63) is 0 Å². The van der Waals surface area contributed by atoms with E-state index in [0.717, 1.165) is 0 Å². The van der Waals surface area contributed by atoms with Crippen LogP contribution in [-0.4, -0.2) is 56.4 Å². The average molecular weight is 166 g/mol. The molecular weight excluding hydrogens is 156 g/mol. The minimum atomic E-state index is -2.49. The molecule has 0 saturated carbocycles. The van der Waals surface area contributed by atoms with E-state index >= 15 is 0 Å². The van der Waals surface area contributed by atoms with Gasteiger partial charge in [-0.1, -0.05) is 0 Å². The Labute approximate surface area is 62.3 Å². The normalized spacial score (nSPS) is 43.9. The molecule has 1 heterocycles. The van der Waals surface area contributed by atoms with Crippen LogP contribution in [0.2, 0.25) is 0 Å². The largest absolute Gasteiger partial charge is 0.385 e. The standard InChI is InChI=1S/C5H10O6/c6-2-3(7)5(9,10)1-11-4(2)8/h2-4,6-10H,1H2. The first-order chi connectivity index (χ1) is 4.95. The third kappa shape index (κ3) is 1.51. The van der Waals surface area contributed by atoms with Crippen LogP contribution >= 0.6 is 0 Å². The van der Waals surface area contributed by atoms with Crippen molar-refractivity contribution in [3.8, 4) is 0 Å². The zero-order chi connectivity index (χ0) is 8.65. The third-order valence-electron chi connectivity index (χ3n) is 1.56. The van der Waals surface area contributed by atoms with Crippen molar-refractivity contribution in [2.45, 2.75) is 24.3 Å². The SMILES string of the molecule is OC1OCC(O)(O)C(O)C1O. The van der Waals surface area contributed by atoms with Crippen LogP contribution in [0.5, 0.6) is 0 Å². The number of hydrogen-bond acceptors (Lipinski definition) is 6. The molecule has 0 spiro atoms. The van der Waals surface area contributed by atoms with Crippen LogP contribution in [0.15, 0.2) is 0 Å². The Kier molecular flexibility index (Phi) is 2.15. The first kappa shape index (κ1) is 8.85. The fraction of sp³-hybridized carbons (Fsp3) is 1.00. The second kappa shape index (κ2) is 2.67. The van der Waals surface area contributed by atoms with Crippen LogP contribution in [0.3, 0.4) is 0 Å². The van der Waals surface area contributed by atoms with Crippen molar-refractivity contribution >= 4 is 0 Å². The van der Waals surface area contributed by atoms with Gasteiger partial charge in [-0.2, -0.15) is 0 Å². The lowest BCUT2D eigenvalue weighted by molar-refractivity contribution is -0.346. The van der Waals surface area contributed by atoms with E-state index in [0.29, 0.717) is 0 Å². The lowest BCUT2D eigenvalue weighted by Gasteiger charge is -2.37. The minimum Gasteiger partial charge on any atom is -0.385 e. The number of ether oxygens (including phenoxy) is 1. The molecule has 11 heavy (non-hydrogen) atoms. The maximum atomic E-state index is 8.89. The monoisotopic (exact) mass is 166 g/mol. The zero-order valence-corrected chi connectivity index (χ0v) is 5.58. The first-order valence-corrected chi connectivity index (χ1v) is 3.06. The van der Waals surface area contributed by atoms with Crippen LogP contribution in [0.25, 0.3) is 0 Å². The van der Waals surface area contributed by atoms with Gasteiger partial charge in [-0.05, 0) is 0 Å². The predicted molar refractivity (Wildman–Crippen MR) is 31.1 cm³/mol. The number of aliphatic hydroxyl groups excluding tert-OH is 3. The third-order valence-corrected chi connectivity index (χ3v) is 1.56. The molecule has 1 rings (SSSR count). The Morgan fingerprint density at radius 2 is 1.73 bits per heavy atom. The van der Waals surface area contributed by atoms with Gasteiger partial charge >= 0.3 is 0 Å². The summed E-state index contributed by atoms with van der Waals surface area (Å²) in [6, 6.07) is 0. The highest BCUT2D eigenvalue weighted by Gasteiger charge is 2.46. The molecule has 6 nitrogen and oxygen atoms in total. The molecule has 1 fully saturated rings. The molecule has 3 unspecified atom stereocenters. The summed E-state index contributed by atoms with van der Waals surface area (Å²) >= 11 is 0. The number of hydrogen-bond donors (Lipinski definition) is 5. The molecule has 5 N–H and O–H groups in total. The number of aliphatic hydroxyl groups is 5. The molecule has 0 radical (unpaired) electrons. The smallest absolute Gasteiger partial charge is 0.216 e. The summed E-state index contributed by atoms with van der Waals surface area (Å²) in [7, 11) is 0. The molecule has 66 valence electrons. The van der Waals surface area contributed by atoms with Crippen molar-refractivity contribution in [1.82, 2.24) is 0 Å². The molecule has 0 aromatic carbocycles. The van der Waals surface area contributed by atoms with Crippen LogP contribution in [0.1, 0.15) is 0 Å². The summed E-state index contributed by atoms with van der Waals surface area (Å²) in [5.41, 5.74) is 0. The Morgan fingerprint density at radius 1 is 1.18 bits per heavy atom. The van der Waals surface area contributed by atoms with Crippen molar-refractivity contribution in [1.29, 1.82) is 0 Å². The summed E-state index contributed by atoms with van der Waals surface area (Å²) < 4.78 is 4.32. The zero-order valence-electron chi connectivity index (χ0n) is 5.58. The van der Waals surface area contributed by atoms with Crippen molar-refractivity contribution in [3.63, 3.8) is 0 Å². The fourth-order valence-corrected chi connectivity index (χ4v) is 0.821. The average Bonchev–Trinajstić information content (AvgIpc) is 1.95. The molecule has 3 atom stereocenters. The summed E-state index contributed by atoms with van der Waals surface area (Å²) in [6.07, 6.45) is -5.08. The van der Waals surface area contributed by atoms with Crippen molar-refractivity contribution in [2.75, 3.05) is 6.61 Å². The van der Waals surface area contributed by atoms with Gasteiger partial charge in [-0.15, -0.1) is 0 Å². The van der Waals surface area contributed by atoms with Gasteiger partial charge in [0.25, 0.3) is 0 Å². The van der Waals surface area contributed by atoms with Gasteiger partial charge in [0.1, 0.15) is 18.8 Å². The fourth-order valence-electron chi connectivity index (χ4n) is 0.821. The lowest BCUT2D eigenvalue weighted by atomic mass is 10.0. The topological polar surface area (TPSA) is 110 Å². The molecule has 0 bridgehead atoms. The number of rotatable bonds is 0. The van der Waals surface area contributed by atoms with Gasteiger partial charge in [0.2, 0.25) is 5.79 Å². The van der Waals surface area contributed by atoms with E-state index in [9.17, 15) is 0 Å². The van der Waals surface area contributed by atoms with Gasteiger partial charge in [0.05, 0.1) is 0 Å². The van der Waals surface area contributed by atoms with Gasteiger partial charge in [0, 0.05) is 0 Å². The van der Waals surface area contributed by atoms with E-state index < -0.39 is 30.9 Å². The van der Waals surface area contributed by atoms with Crippen LogP contribution in [-0.2, 0) is 4.74 Å². The Balaban J connectivity index is 2.67. The molecule has 0 aromatic rings. The Morgan fingerprint density at radius 3 is 2.18 bits per heavy atom. The molecule has 0 aliphatic carbocycles. The molecule has 1 saturated heterocycles. The first-order valence-electron chi connectivity index (χ1n) is 3.06. The highest BCUT2D eigenvalue weighted by molar-refractivity contribution is 4.86. The van der Waals surface area contributed by atoms with Crippen molar-refractivity contribution in [2.24, 2.45) is 0 Å². The summed E-state index contributed by atoms with van der Waals surface area (Å²) in [5, 5.41) is 44.1. The summed E-state index contributed by atoms with van der Waals surface area (Å²) in [6.45, 7) is -0.633. The van der Waals surface area contributed by atoms with Crippen molar-refractivity contribution < 1.29 is 30.3 Å². The second-order valence-corrected chi connectivity index (χ2v) is 2.52. The van der Waals surface area contributed by atoms with Gasteiger partial charge in [-0.25, -0.2) is 0 Å². The van der Waals surface area contributed by atoms with E-state index in [2.05, 4.69) is 4.74 Å². The lowest BCUT2D eigenvalue weighted by Crippen LogP contribution is -2.61. The Bertz CT molecular complexity index is 146. The molecular formula is C5H10O6. The van der Waals surface area contributed by atoms with E-state index in [4.69, 9.17) is 25.5 Å². The van der Waals surface area contributed by atoms with E-state index in [1.54, 1.807) is 0 Å². The minimum absolute atomic E-state index is 0.633. The van der Waals surface area contributed by atoms with E-state index in [1.807, 2.05) is 0 Å². The highest BCUT2D eigenvalue weighted by Crippen LogP contribution is 2.20. The predicted octanol–water partition coefficient (Wildman–Crippen LogP) is -3.26. The molecule has 1 aliphatic heterocycles. The molecule has 6 heteroatoms. The van der Waals surface area contributed by atoms with Crippen LogP contribution < -0.4 is 0 Å². The Hall–Kier alpha value is -0.240. The second-order valence-electron chi connectivity index (χ2n) is 2.52. The quantitative estimate of drug-likeness (QED) is 0.242. The van der Waals surface area contributed by atoms with Crippen LogP contribution in [0.4, 0.5) is 0 Å². The van der Waals surface area contributed by atoms with Gasteiger partial charge < -0.3 is 30.3 Å². The van der Waals surface area contributed by atoms with E-state index in [1.165, 1.54) is 0 Å². The van der Waals surface area contributed by atoms with E-state index in [-0.39, 0.29) is 0 Å².